The largest absolute Gasteiger partial charge is 0.387 e. The lowest BCUT2D eigenvalue weighted by Crippen LogP contribution is -2.39. The highest BCUT2D eigenvalue weighted by molar-refractivity contribution is 6.39. The van der Waals surface area contributed by atoms with Crippen LogP contribution in [0.5, 0.6) is 0 Å². The van der Waals surface area contributed by atoms with Crippen LogP contribution in [0.4, 0.5) is 0 Å². The summed E-state index contributed by atoms with van der Waals surface area (Å²) in [6.45, 7) is 7.48. The highest BCUT2D eigenvalue weighted by Gasteiger charge is 2.46. The average molecular weight is 386 g/mol. The van der Waals surface area contributed by atoms with Gasteiger partial charge in [0.05, 0.1) is 0 Å². The number of oxime groups is 1. The number of ether oxygens (including phenoxy) is 1. The smallest absolute Gasteiger partial charge is 0.269 e. The molecule has 6 nitrogen and oxygen atoms in total. The fraction of sp³-hybridized carbons (Fsp3) is 0.636. The average Bonchev–Trinajstić information content (AvgIpc) is 3.34. The van der Waals surface area contributed by atoms with Crippen molar-refractivity contribution in [3.63, 3.8) is 0 Å². The van der Waals surface area contributed by atoms with Crippen LogP contribution in [0.3, 0.4) is 0 Å². The van der Waals surface area contributed by atoms with E-state index in [1.807, 2.05) is 18.2 Å². The first kappa shape index (κ1) is 19.4. The standard InChI is InChI=1S/C22H31N3O3/c1-17(19-5-3-2-4-6-19)14-23-21(26)20-13-22(28-24-20)9-10-25(16-22)15-18-7-11-27-12-8-18/h2-6,17-18H,7-16H2,1H3,(H,23,26). The molecular weight excluding hydrogens is 354 g/mol. The van der Waals surface area contributed by atoms with E-state index in [1.54, 1.807) is 0 Å². The molecule has 0 saturated carbocycles. The summed E-state index contributed by atoms with van der Waals surface area (Å²) in [6.07, 6.45) is 3.85. The van der Waals surface area contributed by atoms with Crippen molar-refractivity contribution in [3.05, 3.63) is 35.9 Å². The number of carbonyl (C=O) groups excluding carboxylic acids is 1. The SMILES string of the molecule is CC(CNC(=O)C1=NOC2(CCN(CC3CCOCC3)C2)C1)c1ccccc1. The summed E-state index contributed by atoms with van der Waals surface area (Å²) in [5.74, 6) is 0.888. The molecule has 1 amide bonds. The molecule has 1 aromatic carbocycles. The third-order valence-corrected chi connectivity index (χ3v) is 6.29. The summed E-state index contributed by atoms with van der Waals surface area (Å²) in [7, 11) is 0. The van der Waals surface area contributed by atoms with Gasteiger partial charge in [-0.05, 0) is 30.2 Å². The number of hydrogen-bond donors (Lipinski definition) is 1. The maximum atomic E-state index is 12.6. The molecule has 2 unspecified atom stereocenters. The Labute approximate surface area is 167 Å². The fourth-order valence-electron chi connectivity index (χ4n) is 4.49. The van der Waals surface area contributed by atoms with E-state index < -0.39 is 0 Å². The molecule has 152 valence electrons. The number of likely N-dealkylation sites (tertiary alicyclic amines) is 1. The van der Waals surface area contributed by atoms with Crippen LogP contribution >= 0.6 is 0 Å². The minimum absolute atomic E-state index is 0.0949. The van der Waals surface area contributed by atoms with Crippen molar-refractivity contribution in [3.8, 4) is 0 Å². The summed E-state index contributed by atoms with van der Waals surface area (Å²) in [6, 6.07) is 10.2. The van der Waals surface area contributed by atoms with Crippen LogP contribution in [0.25, 0.3) is 0 Å². The van der Waals surface area contributed by atoms with Crippen LogP contribution in [0.1, 0.15) is 44.1 Å². The Morgan fingerprint density at radius 1 is 1.32 bits per heavy atom. The number of nitrogens with one attached hydrogen (secondary N) is 1. The zero-order chi connectivity index (χ0) is 19.4. The van der Waals surface area contributed by atoms with Crippen LogP contribution < -0.4 is 5.32 Å². The van der Waals surface area contributed by atoms with E-state index in [0.29, 0.717) is 24.6 Å². The molecule has 2 saturated heterocycles. The molecular formula is C22H31N3O3. The Balaban J connectivity index is 1.23. The molecule has 3 aliphatic rings. The molecule has 1 N–H and O–H groups in total. The second-order valence-corrected chi connectivity index (χ2v) is 8.55. The summed E-state index contributed by atoms with van der Waals surface area (Å²) in [4.78, 5) is 20.9. The van der Waals surface area contributed by atoms with Gasteiger partial charge >= 0.3 is 0 Å². The third-order valence-electron chi connectivity index (χ3n) is 6.29. The van der Waals surface area contributed by atoms with E-state index in [1.165, 1.54) is 5.56 Å². The molecule has 0 aliphatic carbocycles. The van der Waals surface area contributed by atoms with E-state index in [0.717, 1.165) is 52.1 Å². The van der Waals surface area contributed by atoms with Crippen molar-refractivity contribution in [2.75, 3.05) is 39.4 Å². The van der Waals surface area contributed by atoms with Gasteiger partial charge in [-0.1, -0.05) is 42.4 Å². The Hall–Kier alpha value is -1.92. The van der Waals surface area contributed by atoms with Crippen molar-refractivity contribution < 1.29 is 14.4 Å². The third kappa shape index (κ3) is 4.55. The van der Waals surface area contributed by atoms with Gasteiger partial charge in [0.15, 0.2) is 5.60 Å². The van der Waals surface area contributed by atoms with Crippen LogP contribution in [-0.4, -0.2) is 61.5 Å². The Bertz CT molecular complexity index is 702. The maximum absolute atomic E-state index is 12.6. The van der Waals surface area contributed by atoms with Crippen molar-refractivity contribution in [2.45, 2.75) is 44.1 Å². The van der Waals surface area contributed by atoms with Gasteiger partial charge in [-0.25, -0.2) is 0 Å². The first-order valence-corrected chi connectivity index (χ1v) is 10.5. The summed E-state index contributed by atoms with van der Waals surface area (Å²) >= 11 is 0. The zero-order valence-electron chi connectivity index (χ0n) is 16.7. The lowest BCUT2D eigenvalue weighted by atomic mass is 9.95. The number of rotatable bonds is 6. The highest BCUT2D eigenvalue weighted by atomic mass is 16.7. The van der Waals surface area contributed by atoms with Crippen molar-refractivity contribution in [1.29, 1.82) is 0 Å². The van der Waals surface area contributed by atoms with Gasteiger partial charge < -0.3 is 14.9 Å². The number of benzene rings is 1. The zero-order valence-corrected chi connectivity index (χ0v) is 16.7. The van der Waals surface area contributed by atoms with Gasteiger partial charge in [0, 0.05) is 52.2 Å². The molecule has 2 atom stereocenters. The van der Waals surface area contributed by atoms with Gasteiger partial charge in [-0.3, -0.25) is 9.69 Å². The molecule has 2 fully saturated rings. The summed E-state index contributed by atoms with van der Waals surface area (Å²) < 4.78 is 5.46. The molecule has 1 aromatic rings. The maximum Gasteiger partial charge on any atom is 0.269 e. The van der Waals surface area contributed by atoms with Crippen LogP contribution in [-0.2, 0) is 14.4 Å². The van der Waals surface area contributed by atoms with Gasteiger partial charge in [0.2, 0.25) is 0 Å². The van der Waals surface area contributed by atoms with Crippen LogP contribution in [0.15, 0.2) is 35.5 Å². The summed E-state index contributed by atoms with van der Waals surface area (Å²) in [5.41, 5.74) is 1.46. The minimum atomic E-state index is -0.303. The van der Waals surface area contributed by atoms with E-state index in [2.05, 4.69) is 34.4 Å². The van der Waals surface area contributed by atoms with Crippen molar-refractivity contribution in [2.24, 2.45) is 11.1 Å². The predicted molar refractivity (Wildman–Crippen MR) is 108 cm³/mol. The van der Waals surface area contributed by atoms with Gasteiger partial charge in [-0.2, -0.15) is 0 Å². The fourth-order valence-corrected chi connectivity index (χ4v) is 4.49. The van der Waals surface area contributed by atoms with Crippen molar-refractivity contribution in [1.82, 2.24) is 10.2 Å². The molecule has 1 spiro atoms. The number of nitrogens with zero attached hydrogens (tertiary/aromatic N) is 2. The van der Waals surface area contributed by atoms with Crippen molar-refractivity contribution >= 4 is 11.6 Å². The predicted octanol–water partition coefficient (Wildman–Crippen LogP) is 2.55. The molecule has 0 radical (unpaired) electrons. The molecule has 0 aromatic heterocycles. The van der Waals surface area contributed by atoms with Gasteiger partial charge in [-0.15, -0.1) is 0 Å². The molecule has 28 heavy (non-hydrogen) atoms. The molecule has 3 heterocycles. The quantitative estimate of drug-likeness (QED) is 0.817. The summed E-state index contributed by atoms with van der Waals surface area (Å²) in [5, 5.41) is 7.19. The van der Waals surface area contributed by atoms with E-state index >= 15 is 0 Å². The Morgan fingerprint density at radius 3 is 2.89 bits per heavy atom. The molecule has 4 rings (SSSR count). The van der Waals surface area contributed by atoms with E-state index in [9.17, 15) is 4.79 Å². The Kier molecular flexibility index (Phi) is 5.97. The number of hydrogen-bond acceptors (Lipinski definition) is 5. The normalized spacial score (nSPS) is 26.8. The minimum Gasteiger partial charge on any atom is -0.387 e. The molecule has 6 heteroatoms. The van der Waals surface area contributed by atoms with Crippen LogP contribution in [0, 0.1) is 5.92 Å². The van der Waals surface area contributed by atoms with E-state index in [-0.39, 0.29) is 17.4 Å². The lowest BCUT2D eigenvalue weighted by Gasteiger charge is -2.27. The first-order valence-electron chi connectivity index (χ1n) is 10.5. The number of carbonyl (C=O) groups is 1. The van der Waals surface area contributed by atoms with Crippen LogP contribution in [0.2, 0.25) is 0 Å². The lowest BCUT2D eigenvalue weighted by molar-refractivity contribution is -0.115. The first-order chi connectivity index (χ1) is 13.6. The monoisotopic (exact) mass is 385 g/mol. The van der Waals surface area contributed by atoms with E-state index in [4.69, 9.17) is 9.57 Å². The van der Waals surface area contributed by atoms with Gasteiger partial charge in [0.25, 0.3) is 5.91 Å². The topological polar surface area (TPSA) is 63.2 Å². The Morgan fingerprint density at radius 2 is 2.11 bits per heavy atom. The second kappa shape index (κ2) is 8.62. The number of amides is 1. The molecule has 3 aliphatic heterocycles. The second-order valence-electron chi connectivity index (χ2n) is 8.55. The highest BCUT2D eigenvalue weighted by Crippen LogP contribution is 2.34. The van der Waals surface area contributed by atoms with Gasteiger partial charge in [0.1, 0.15) is 5.71 Å². The molecule has 0 bridgehead atoms.